The van der Waals surface area contributed by atoms with Gasteiger partial charge < -0.3 is 4.74 Å². The van der Waals surface area contributed by atoms with Gasteiger partial charge in [-0.25, -0.2) is 5.01 Å². The Morgan fingerprint density at radius 1 is 1.10 bits per heavy atom. The molecule has 1 heterocycles. The van der Waals surface area contributed by atoms with Crippen LogP contribution in [0, 0.1) is 20.2 Å². The van der Waals surface area contributed by atoms with E-state index < -0.39 is 44.5 Å². The zero-order valence-corrected chi connectivity index (χ0v) is 15.5. The van der Waals surface area contributed by atoms with Crippen LogP contribution in [0.15, 0.2) is 42.5 Å². The summed E-state index contributed by atoms with van der Waals surface area (Å²) in [5.74, 6) is -0.919. The second kappa shape index (κ2) is 7.72. The molecule has 2 atom stereocenters. The van der Waals surface area contributed by atoms with Crippen LogP contribution < -0.4 is 10.2 Å². The number of carbonyl (C=O) groups is 2. The Bertz CT molecular complexity index is 979. The van der Waals surface area contributed by atoms with Crippen molar-refractivity contribution in [3.63, 3.8) is 0 Å². The van der Waals surface area contributed by atoms with E-state index in [0.29, 0.717) is 11.3 Å². The molecule has 1 fully saturated rings. The fraction of sp³-hybridized carbons (Fsp3) is 0.176. The van der Waals surface area contributed by atoms with Crippen molar-refractivity contribution >= 4 is 34.8 Å². The normalized spacial score (nSPS) is 18.0. The van der Waals surface area contributed by atoms with Gasteiger partial charge in [-0.3, -0.25) is 35.2 Å². The third kappa shape index (κ3) is 3.80. The maximum atomic E-state index is 12.5. The monoisotopic (exact) mass is 420 g/mol. The number of nitro groups is 2. The summed E-state index contributed by atoms with van der Waals surface area (Å²) >= 11 is 6.08. The molecule has 0 spiro atoms. The van der Waals surface area contributed by atoms with Crippen molar-refractivity contribution in [3.05, 3.63) is 73.8 Å². The van der Waals surface area contributed by atoms with Gasteiger partial charge in [0.15, 0.2) is 0 Å². The third-order valence-corrected chi connectivity index (χ3v) is 4.72. The summed E-state index contributed by atoms with van der Waals surface area (Å²) < 4.78 is 5.07. The predicted octanol–water partition coefficient (Wildman–Crippen LogP) is 2.35. The van der Waals surface area contributed by atoms with Gasteiger partial charge in [0.05, 0.1) is 28.6 Å². The van der Waals surface area contributed by atoms with Crippen LogP contribution in [0.2, 0.25) is 0 Å². The van der Waals surface area contributed by atoms with Crippen LogP contribution in [0.5, 0.6) is 5.75 Å². The number of alkyl halides is 1. The lowest BCUT2D eigenvalue weighted by atomic mass is 9.95. The van der Waals surface area contributed by atoms with Crippen LogP contribution in [-0.2, 0) is 4.79 Å². The van der Waals surface area contributed by atoms with Gasteiger partial charge in [0.1, 0.15) is 17.2 Å². The molecule has 1 saturated heterocycles. The molecule has 29 heavy (non-hydrogen) atoms. The highest BCUT2D eigenvalue weighted by Crippen LogP contribution is 2.37. The number of halogens is 1. The number of hydrogen-bond acceptors (Lipinski definition) is 7. The number of benzene rings is 2. The molecule has 3 rings (SSSR count). The SMILES string of the molecule is COc1ccc(C2C(Cl)C(=O)N2NC(=O)c2cc([N+](=O)[O-])cc([N+](=O)[O-])c2)cc1. The first-order valence-corrected chi connectivity index (χ1v) is 8.52. The minimum Gasteiger partial charge on any atom is -0.497 e. The number of hydrazine groups is 1. The Morgan fingerprint density at radius 3 is 2.14 bits per heavy atom. The number of ether oxygens (including phenoxy) is 1. The summed E-state index contributed by atoms with van der Waals surface area (Å²) in [5.41, 5.74) is 1.34. The quantitative estimate of drug-likeness (QED) is 0.326. The first kappa shape index (κ1) is 20.0. The average molecular weight is 421 g/mol. The van der Waals surface area contributed by atoms with Crippen molar-refractivity contribution in [1.82, 2.24) is 10.4 Å². The highest BCUT2D eigenvalue weighted by Gasteiger charge is 2.48. The van der Waals surface area contributed by atoms with E-state index in [9.17, 15) is 29.8 Å². The Hall–Kier alpha value is -3.73. The van der Waals surface area contributed by atoms with Gasteiger partial charge in [0.2, 0.25) is 0 Å². The summed E-state index contributed by atoms with van der Waals surface area (Å²) in [6.07, 6.45) is 0. The molecule has 1 aliphatic heterocycles. The van der Waals surface area contributed by atoms with Crippen molar-refractivity contribution in [3.8, 4) is 5.75 Å². The number of amides is 2. The lowest BCUT2D eigenvalue weighted by Crippen LogP contribution is -2.63. The fourth-order valence-electron chi connectivity index (χ4n) is 2.81. The fourth-order valence-corrected chi connectivity index (χ4v) is 3.17. The molecule has 0 aliphatic carbocycles. The van der Waals surface area contributed by atoms with Gasteiger partial charge in [-0.15, -0.1) is 11.6 Å². The van der Waals surface area contributed by atoms with Crippen molar-refractivity contribution < 1.29 is 24.2 Å². The van der Waals surface area contributed by atoms with Crippen LogP contribution in [0.1, 0.15) is 22.0 Å². The Labute approximate surface area is 168 Å². The standard InChI is InChI=1S/C17H13ClN4O7/c1-29-13-4-2-9(3-5-13)15-14(18)17(24)20(15)19-16(23)10-6-11(21(25)26)8-12(7-10)22(27)28/h2-8,14-15H,1H3,(H,19,23). The second-order valence-electron chi connectivity index (χ2n) is 6.02. The molecule has 1 aliphatic rings. The second-order valence-corrected chi connectivity index (χ2v) is 6.49. The van der Waals surface area contributed by atoms with E-state index in [2.05, 4.69) is 5.43 Å². The van der Waals surface area contributed by atoms with Crippen LogP contribution in [0.25, 0.3) is 0 Å². The number of nitro benzene ring substituents is 2. The van der Waals surface area contributed by atoms with E-state index in [4.69, 9.17) is 16.3 Å². The molecule has 2 aromatic rings. The molecule has 11 nitrogen and oxygen atoms in total. The van der Waals surface area contributed by atoms with Crippen molar-refractivity contribution in [1.29, 1.82) is 0 Å². The number of β-lactam (4-membered cyclic amide) rings is 1. The largest absolute Gasteiger partial charge is 0.497 e. The van der Waals surface area contributed by atoms with Crippen LogP contribution >= 0.6 is 11.6 Å². The van der Waals surface area contributed by atoms with E-state index in [-0.39, 0.29) is 5.56 Å². The Kier molecular flexibility index (Phi) is 5.33. The van der Waals surface area contributed by atoms with Gasteiger partial charge in [-0.1, -0.05) is 12.1 Å². The molecule has 0 radical (unpaired) electrons. The number of rotatable bonds is 6. The van der Waals surface area contributed by atoms with Crippen LogP contribution in [-0.4, -0.2) is 39.2 Å². The molecule has 0 bridgehead atoms. The zero-order chi connectivity index (χ0) is 21.3. The van der Waals surface area contributed by atoms with Gasteiger partial charge in [-0.05, 0) is 17.7 Å². The molecule has 2 amide bonds. The van der Waals surface area contributed by atoms with Gasteiger partial charge in [0, 0.05) is 12.1 Å². The zero-order valence-electron chi connectivity index (χ0n) is 14.8. The smallest absolute Gasteiger partial charge is 0.277 e. The highest BCUT2D eigenvalue weighted by atomic mass is 35.5. The van der Waals surface area contributed by atoms with E-state index in [1.165, 1.54) is 7.11 Å². The molecule has 12 heteroatoms. The Morgan fingerprint density at radius 2 is 1.66 bits per heavy atom. The molecule has 1 N–H and O–H groups in total. The van der Waals surface area contributed by atoms with Crippen molar-refractivity contribution in [2.45, 2.75) is 11.4 Å². The topological polar surface area (TPSA) is 145 Å². The summed E-state index contributed by atoms with van der Waals surface area (Å²) in [6.45, 7) is 0. The van der Waals surface area contributed by atoms with Crippen molar-refractivity contribution in [2.24, 2.45) is 0 Å². The molecule has 0 aromatic heterocycles. The van der Waals surface area contributed by atoms with E-state index in [1.807, 2.05) is 0 Å². The summed E-state index contributed by atoms with van der Waals surface area (Å²) in [4.78, 5) is 44.9. The number of methoxy groups -OCH3 is 1. The minimum atomic E-state index is -0.928. The number of hydrogen-bond donors (Lipinski definition) is 1. The van der Waals surface area contributed by atoms with Gasteiger partial charge >= 0.3 is 0 Å². The van der Waals surface area contributed by atoms with Gasteiger partial charge in [-0.2, -0.15) is 0 Å². The number of nitrogens with zero attached hydrogens (tertiary/aromatic N) is 3. The van der Waals surface area contributed by atoms with E-state index in [0.717, 1.165) is 23.2 Å². The molecular formula is C17H13ClN4O7. The molecule has 0 saturated carbocycles. The van der Waals surface area contributed by atoms with Crippen LogP contribution in [0.3, 0.4) is 0 Å². The molecule has 150 valence electrons. The number of non-ortho nitro benzene ring substituents is 2. The van der Waals surface area contributed by atoms with Crippen molar-refractivity contribution in [2.75, 3.05) is 7.11 Å². The first-order valence-electron chi connectivity index (χ1n) is 8.09. The summed E-state index contributed by atoms with van der Waals surface area (Å²) in [6, 6.07) is 8.47. The predicted molar refractivity (Wildman–Crippen MR) is 99.4 cm³/mol. The lowest BCUT2D eigenvalue weighted by Gasteiger charge is -2.43. The first-order chi connectivity index (χ1) is 13.7. The van der Waals surface area contributed by atoms with E-state index >= 15 is 0 Å². The van der Waals surface area contributed by atoms with E-state index in [1.54, 1.807) is 24.3 Å². The Balaban J connectivity index is 1.86. The number of nitrogens with one attached hydrogen (secondary N) is 1. The maximum Gasteiger partial charge on any atom is 0.277 e. The highest BCUT2D eigenvalue weighted by molar-refractivity contribution is 6.33. The maximum absolute atomic E-state index is 12.5. The summed E-state index contributed by atoms with van der Waals surface area (Å²) in [5, 5.41) is 22.0. The van der Waals surface area contributed by atoms with Gasteiger partial charge in [0.25, 0.3) is 23.2 Å². The minimum absolute atomic E-state index is 0.342. The third-order valence-electron chi connectivity index (χ3n) is 4.29. The average Bonchev–Trinajstić information content (AvgIpc) is 2.72. The molecule has 2 unspecified atom stereocenters. The lowest BCUT2D eigenvalue weighted by molar-refractivity contribution is -0.394. The van der Waals surface area contributed by atoms with Crippen LogP contribution in [0.4, 0.5) is 11.4 Å². The number of carbonyl (C=O) groups excluding carboxylic acids is 2. The molecule has 2 aromatic carbocycles. The molecular weight excluding hydrogens is 408 g/mol. The summed E-state index contributed by atoms with van der Waals surface area (Å²) in [7, 11) is 1.50.